The van der Waals surface area contributed by atoms with Gasteiger partial charge in [0.1, 0.15) is 6.61 Å². The van der Waals surface area contributed by atoms with E-state index in [2.05, 4.69) is 32.6 Å². The smallest absolute Gasteiger partial charge is 0.408 e. The number of alkyl carbamates (subject to hydrolysis) is 1. The number of hydrogen-bond donors (Lipinski definition) is 2. The molecule has 1 amide bonds. The maximum absolute atomic E-state index is 12.1. The lowest BCUT2D eigenvalue weighted by atomic mass is 10.1. The number of aliphatic hydroxyl groups excluding tert-OH is 1. The second kappa shape index (κ2) is 13.5. The molecule has 29 heavy (non-hydrogen) atoms. The minimum absolute atomic E-state index is 0.0497. The first-order valence-electron chi connectivity index (χ1n) is 8.77. The summed E-state index contributed by atoms with van der Waals surface area (Å²) >= 11 is 3.58. The molecule has 10 heteroatoms. The summed E-state index contributed by atoms with van der Waals surface area (Å²) < 4.78 is 10.7. The van der Waals surface area contributed by atoms with Gasteiger partial charge < -0.3 is 19.9 Å². The Bertz CT molecular complexity index is 711. The van der Waals surface area contributed by atoms with Gasteiger partial charge >= 0.3 is 12.1 Å². The number of carbonyl (C=O) groups is 4. The molecule has 0 aromatic heterocycles. The Morgan fingerprint density at radius 2 is 1.86 bits per heavy atom. The van der Waals surface area contributed by atoms with E-state index < -0.39 is 36.6 Å². The molecule has 0 spiro atoms. The first-order valence-corrected chi connectivity index (χ1v) is 11.0. The van der Waals surface area contributed by atoms with E-state index in [0.29, 0.717) is 5.75 Å². The number of hydrogen-bond acceptors (Lipinski definition) is 8. The molecule has 0 saturated carbocycles. The molecular formula is C19H24INO7S. The van der Waals surface area contributed by atoms with Gasteiger partial charge in [0.05, 0.1) is 13.2 Å². The Morgan fingerprint density at radius 1 is 1.21 bits per heavy atom. The van der Waals surface area contributed by atoms with Crippen LogP contribution in [0.4, 0.5) is 4.79 Å². The molecule has 8 nitrogen and oxygen atoms in total. The van der Waals surface area contributed by atoms with Gasteiger partial charge in [-0.25, -0.2) is 4.79 Å². The number of amides is 1. The predicted octanol–water partition coefficient (Wildman–Crippen LogP) is 2.09. The van der Waals surface area contributed by atoms with E-state index >= 15 is 0 Å². The SMILES string of the molecule is COC(=O)CC[C@H](NC(=O)O[C@@H](CSCc1ccc([123I])cc1)C(=O)CO)C(C)=O. The number of aliphatic hydroxyl groups is 1. The highest BCUT2D eigenvalue weighted by Crippen LogP contribution is 2.16. The van der Waals surface area contributed by atoms with Gasteiger partial charge in [-0.3, -0.25) is 14.4 Å². The predicted molar refractivity (Wildman–Crippen MR) is 117 cm³/mol. The summed E-state index contributed by atoms with van der Waals surface area (Å²) in [7, 11) is 1.23. The highest BCUT2D eigenvalue weighted by molar-refractivity contribution is 14.1. The summed E-state index contributed by atoms with van der Waals surface area (Å²) in [6.45, 7) is 0.510. The summed E-state index contributed by atoms with van der Waals surface area (Å²) in [5.74, 6) is -0.738. The van der Waals surface area contributed by atoms with E-state index in [4.69, 9.17) is 9.84 Å². The largest absolute Gasteiger partial charge is 0.469 e. The fourth-order valence-corrected chi connectivity index (χ4v) is 3.58. The number of carbonyl (C=O) groups excluding carboxylic acids is 4. The zero-order chi connectivity index (χ0) is 21.8. The van der Waals surface area contributed by atoms with E-state index in [1.807, 2.05) is 24.3 Å². The van der Waals surface area contributed by atoms with Crippen LogP contribution in [0.3, 0.4) is 0 Å². The molecule has 0 aliphatic rings. The lowest BCUT2D eigenvalue weighted by Gasteiger charge is -2.19. The molecule has 0 fully saturated rings. The number of nitrogens with one attached hydrogen (secondary N) is 1. The minimum atomic E-state index is -1.15. The normalized spacial score (nSPS) is 12.6. The molecule has 2 N–H and O–H groups in total. The summed E-state index contributed by atoms with van der Waals surface area (Å²) in [6.07, 6.45) is -2.11. The van der Waals surface area contributed by atoms with Crippen molar-refractivity contribution in [3.63, 3.8) is 0 Å². The van der Waals surface area contributed by atoms with Gasteiger partial charge in [-0.1, -0.05) is 12.1 Å². The summed E-state index contributed by atoms with van der Waals surface area (Å²) in [4.78, 5) is 46.9. The molecular weight excluding hydrogens is 509 g/mol. The van der Waals surface area contributed by atoms with Crippen molar-refractivity contribution < 1.29 is 33.8 Å². The number of thioether (sulfide) groups is 1. The average molecular weight is 533 g/mol. The number of Topliss-reactive ketones (excluding diaryl/α,β-unsaturated/α-hetero) is 2. The average Bonchev–Trinajstić information content (AvgIpc) is 2.70. The third-order valence-electron chi connectivity index (χ3n) is 3.86. The van der Waals surface area contributed by atoms with Crippen molar-refractivity contribution in [1.82, 2.24) is 5.32 Å². The number of methoxy groups -OCH3 is 1. The number of ether oxygens (including phenoxy) is 2. The van der Waals surface area contributed by atoms with Crippen molar-refractivity contribution in [3.8, 4) is 0 Å². The van der Waals surface area contributed by atoms with Crippen molar-refractivity contribution >= 4 is 58.0 Å². The van der Waals surface area contributed by atoms with E-state index in [9.17, 15) is 19.2 Å². The highest BCUT2D eigenvalue weighted by Gasteiger charge is 2.25. The quantitative estimate of drug-likeness (QED) is 0.310. The van der Waals surface area contributed by atoms with Gasteiger partial charge in [0.2, 0.25) is 0 Å². The van der Waals surface area contributed by atoms with Crippen LogP contribution in [0.15, 0.2) is 24.3 Å². The molecule has 0 saturated heterocycles. The van der Waals surface area contributed by atoms with Crippen LogP contribution < -0.4 is 5.32 Å². The number of halogens is 1. The van der Waals surface area contributed by atoms with Crippen LogP contribution in [-0.4, -0.2) is 60.4 Å². The summed E-state index contributed by atoms with van der Waals surface area (Å²) in [6, 6.07) is 6.92. The van der Waals surface area contributed by atoms with E-state index in [-0.39, 0.29) is 24.4 Å². The fourth-order valence-electron chi connectivity index (χ4n) is 2.21. The molecule has 1 aromatic carbocycles. The van der Waals surface area contributed by atoms with Crippen LogP contribution in [-0.2, 0) is 29.6 Å². The third kappa shape index (κ3) is 10.1. The maximum atomic E-state index is 12.1. The van der Waals surface area contributed by atoms with Crippen LogP contribution in [0.2, 0.25) is 0 Å². The second-order valence-electron chi connectivity index (χ2n) is 6.08. The number of rotatable bonds is 12. The second-order valence-corrected chi connectivity index (χ2v) is 8.36. The zero-order valence-electron chi connectivity index (χ0n) is 16.2. The van der Waals surface area contributed by atoms with Crippen molar-refractivity contribution in [2.24, 2.45) is 0 Å². The lowest BCUT2D eigenvalue weighted by Crippen LogP contribution is -2.43. The molecule has 0 bridgehead atoms. The van der Waals surface area contributed by atoms with Crippen LogP contribution in [0.5, 0.6) is 0 Å². The Morgan fingerprint density at radius 3 is 2.41 bits per heavy atom. The van der Waals surface area contributed by atoms with Crippen LogP contribution >= 0.6 is 34.4 Å². The van der Waals surface area contributed by atoms with Crippen LogP contribution in [0.25, 0.3) is 0 Å². The Labute approximate surface area is 187 Å². The Hall–Kier alpha value is -1.66. The zero-order valence-corrected chi connectivity index (χ0v) is 19.2. The summed E-state index contributed by atoms with van der Waals surface area (Å²) in [5, 5.41) is 11.5. The molecule has 2 atom stereocenters. The van der Waals surface area contributed by atoms with Crippen molar-refractivity contribution in [1.29, 1.82) is 0 Å². The number of esters is 1. The van der Waals surface area contributed by atoms with Gasteiger partial charge in [-0.15, -0.1) is 0 Å². The van der Waals surface area contributed by atoms with E-state index in [1.54, 1.807) is 0 Å². The third-order valence-corrected chi connectivity index (χ3v) is 5.66. The monoisotopic (exact) mass is 533 g/mol. The standard InChI is InChI=1S/C19H24INO7S/c1-12(23)15(7-8-18(25)27-2)21-19(26)28-17(16(24)9-22)11-29-10-13-3-5-14(20)6-4-13/h3-6,15,17,22H,7-11H2,1-2H3,(H,21,26)/t15-,17-/m0/s1/i20-4. The first-order chi connectivity index (χ1) is 13.8. The molecule has 1 rings (SSSR count). The van der Waals surface area contributed by atoms with Crippen molar-refractivity contribution in [3.05, 3.63) is 33.4 Å². The molecule has 0 heterocycles. The number of ketones is 2. The molecule has 0 aliphatic heterocycles. The van der Waals surface area contributed by atoms with Gasteiger partial charge in [-0.05, 0) is 53.6 Å². The first kappa shape index (κ1) is 25.4. The molecule has 1 aromatic rings. The topological polar surface area (TPSA) is 119 Å². The maximum Gasteiger partial charge on any atom is 0.408 e. The highest BCUT2D eigenvalue weighted by atomic mass is 123. The molecule has 0 radical (unpaired) electrons. The fraction of sp³-hybridized carbons (Fsp3) is 0.474. The van der Waals surface area contributed by atoms with Gasteiger partial charge in [0, 0.05) is 21.5 Å². The van der Waals surface area contributed by atoms with Crippen molar-refractivity contribution in [2.45, 2.75) is 37.7 Å². The van der Waals surface area contributed by atoms with E-state index in [0.717, 1.165) is 9.13 Å². The van der Waals surface area contributed by atoms with Gasteiger partial charge in [0.25, 0.3) is 0 Å². The molecule has 0 aliphatic carbocycles. The van der Waals surface area contributed by atoms with Gasteiger partial charge in [-0.2, -0.15) is 11.8 Å². The minimum Gasteiger partial charge on any atom is -0.469 e. The lowest BCUT2D eigenvalue weighted by molar-refractivity contribution is -0.140. The Balaban J connectivity index is 2.59. The van der Waals surface area contributed by atoms with Crippen molar-refractivity contribution in [2.75, 3.05) is 19.5 Å². The Kier molecular flexibility index (Phi) is 11.9. The molecule has 160 valence electrons. The van der Waals surface area contributed by atoms with E-state index in [1.165, 1.54) is 25.8 Å². The number of benzene rings is 1. The van der Waals surface area contributed by atoms with Crippen LogP contribution in [0, 0.1) is 3.57 Å². The van der Waals surface area contributed by atoms with Gasteiger partial charge in [0.15, 0.2) is 17.7 Å². The molecule has 0 unspecified atom stereocenters. The van der Waals surface area contributed by atoms with Crippen LogP contribution in [0.1, 0.15) is 25.3 Å². The summed E-state index contributed by atoms with van der Waals surface area (Å²) in [5.41, 5.74) is 1.05.